The first kappa shape index (κ1) is 10.3. The smallest absolute Gasteiger partial charge is 0.245 e. The van der Waals surface area contributed by atoms with E-state index >= 15 is 0 Å². The van der Waals surface area contributed by atoms with Gasteiger partial charge in [-0.1, -0.05) is 27.7 Å². The summed E-state index contributed by atoms with van der Waals surface area (Å²) < 4.78 is 0. The van der Waals surface area contributed by atoms with E-state index in [1.165, 1.54) is 0 Å². The summed E-state index contributed by atoms with van der Waals surface area (Å²) >= 11 is 0. The summed E-state index contributed by atoms with van der Waals surface area (Å²) in [6.07, 6.45) is 2.26. The van der Waals surface area contributed by atoms with Crippen molar-refractivity contribution in [3.05, 3.63) is 0 Å². The van der Waals surface area contributed by atoms with Gasteiger partial charge < -0.3 is 0 Å². The molecule has 0 aliphatic carbocycles. The number of amides is 1. The molecule has 1 amide bonds. The van der Waals surface area contributed by atoms with E-state index in [2.05, 4.69) is 4.99 Å². The molecule has 0 rings (SSSR count). The molecule has 0 spiro atoms. The monoisotopic (exact) mass is 155 g/mol. The van der Waals surface area contributed by atoms with Crippen molar-refractivity contribution in [1.29, 1.82) is 0 Å². The van der Waals surface area contributed by atoms with Crippen molar-refractivity contribution in [3.8, 4) is 0 Å². The molecule has 0 N–H and O–H groups in total. The van der Waals surface area contributed by atoms with Gasteiger partial charge in [0, 0.05) is 12.6 Å². The van der Waals surface area contributed by atoms with Crippen LogP contribution in [0.4, 0.5) is 0 Å². The average molecular weight is 155 g/mol. The Balaban J connectivity index is 3.69. The van der Waals surface area contributed by atoms with E-state index in [4.69, 9.17) is 0 Å². The minimum atomic E-state index is -0.00583. The van der Waals surface area contributed by atoms with Gasteiger partial charge in [0.2, 0.25) is 5.91 Å². The highest BCUT2D eigenvalue weighted by Crippen LogP contribution is 2.00. The van der Waals surface area contributed by atoms with Gasteiger partial charge in [-0.3, -0.25) is 4.79 Å². The summed E-state index contributed by atoms with van der Waals surface area (Å²) in [4.78, 5) is 14.8. The van der Waals surface area contributed by atoms with Crippen LogP contribution in [0.5, 0.6) is 0 Å². The van der Waals surface area contributed by atoms with Crippen LogP contribution in [0.15, 0.2) is 4.99 Å². The van der Waals surface area contributed by atoms with E-state index in [-0.39, 0.29) is 5.91 Å². The van der Waals surface area contributed by atoms with E-state index in [1.807, 2.05) is 27.7 Å². The Labute approximate surface area is 68.7 Å². The molecule has 64 valence electrons. The average Bonchev–Trinajstić information content (AvgIpc) is 1.82. The first-order valence-electron chi connectivity index (χ1n) is 4.09. The Morgan fingerprint density at radius 3 is 2.27 bits per heavy atom. The molecule has 11 heavy (non-hydrogen) atoms. The van der Waals surface area contributed by atoms with Gasteiger partial charge in [0.15, 0.2) is 0 Å². The lowest BCUT2D eigenvalue weighted by Gasteiger charge is -1.98. The first-order chi connectivity index (χ1) is 5.02. The first-order valence-corrected chi connectivity index (χ1v) is 4.09. The van der Waals surface area contributed by atoms with Gasteiger partial charge in [-0.05, 0) is 11.8 Å². The zero-order valence-electron chi connectivity index (χ0n) is 7.79. The predicted octanol–water partition coefficient (Wildman–Crippen LogP) is 2.29. The second kappa shape index (κ2) is 5.05. The molecule has 0 fully saturated rings. The third-order valence-electron chi connectivity index (χ3n) is 1.10. The summed E-state index contributed by atoms with van der Waals surface area (Å²) in [7, 11) is 0. The fraction of sp³-hybridized carbons (Fsp3) is 0.778. The Bertz CT molecular complexity index is 148. The van der Waals surface area contributed by atoms with Crippen LogP contribution in [0.2, 0.25) is 0 Å². The maximum absolute atomic E-state index is 11.0. The predicted molar refractivity (Wildman–Crippen MR) is 47.8 cm³/mol. The van der Waals surface area contributed by atoms with Crippen LogP contribution in [-0.4, -0.2) is 12.1 Å². The Hall–Kier alpha value is -0.660. The zero-order chi connectivity index (χ0) is 8.85. The molecule has 0 aromatic heterocycles. The fourth-order valence-corrected chi connectivity index (χ4v) is 0.634. The lowest BCUT2D eigenvalue weighted by Crippen LogP contribution is -2.01. The van der Waals surface area contributed by atoms with Crippen LogP contribution in [0.3, 0.4) is 0 Å². The third-order valence-corrected chi connectivity index (χ3v) is 1.10. The minimum absolute atomic E-state index is 0.00583. The molecule has 0 saturated carbocycles. The van der Waals surface area contributed by atoms with Gasteiger partial charge in [-0.2, -0.15) is 0 Å². The highest BCUT2D eigenvalue weighted by molar-refractivity contribution is 5.85. The number of nitrogens with zero attached hydrogens (tertiary/aromatic N) is 1. The van der Waals surface area contributed by atoms with Gasteiger partial charge in [-0.25, -0.2) is 4.99 Å². The van der Waals surface area contributed by atoms with Crippen molar-refractivity contribution >= 4 is 12.1 Å². The van der Waals surface area contributed by atoms with Crippen molar-refractivity contribution in [2.75, 3.05) is 0 Å². The minimum Gasteiger partial charge on any atom is -0.273 e. The van der Waals surface area contributed by atoms with E-state index in [0.717, 1.165) is 0 Å². The van der Waals surface area contributed by atoms with E-state index in [9.17, 15) is 4.79 Å². The molecular formula is C9H17NO. The molecule has 0 aromatic rings. The number of carbonyl (C=O) groups excluding carboxylic acids is 1. The maximum Gasteiger partial charge on any atom is 0.245 e. The van der Waals surface area contributed by atoms with Gasteiger partial charge >= 0.3 is 0 Å². The third kappa shape index (κ3) is 7.23. The van der Waals surface area contributed by atoms with Crippen LogP contribution in [0.1, 0.15) is 34.1 Å². The summed E-state index contributed by atoms with van der Waals surface area (Å²) in [5.41, 5.74) is 0. The Kier molecular flexibility index (Phi) is 4.75. The normalized spacial score (nSPS) is 11.8. The second-order valence-electron chi connectivity index (χ2n) is 3.51. The SMILES string of the molecule is CC(C)C=NC(=O)CC(C)C. The van der Waals surface area contributed by atoms with Crippen LogP contribution in [0, 0.1) is 11.8 Å². The number of hydrogen-bond donors (Lipinski definition) is 0. The number of hydrogen-bond acceptors (Lipinski definition) is 1. The van der Waals surface area contributed by atoms with Gasteiger partial charge in [0.1, 0.15) is 0 Å². The largest absolute Gasteiger partial charge is 0.273 e. The molecule has 0 bridgehead atoms. The number of carbonyl (C=O) groups is 1. The van der Waals surface area contributed by atoms with Gasteiger partial charge in [0.25, 0.3) is 0 Å². The van der Waals surface area contributed by atoms with E-state index < -0.39 is 0 Å². The summed E-state index contributed by atoms with van der Waals surface area (Å²) in [6, 6.07) is 0. The van der Waals surface area contributed by atoms with E-state index in [1.54, 1.807) is 6.21 Å². The fourth-order valence-electron chi connectivity index (χ4n) is 0.634. The number of aliphatic imine (C=N–C) groups is 1. The summed E-state index contributed by atoms with van der Waals surface area (Å²) in [5.74, 6) is 0.770. The molecule has 0 aromatic carbocycles. The molecule has 0 radical (unpaired) electrons. The molecule has 0 aliphatic rings. The lowest BCUT2D eigenvalue weighted by atomic mass is 10.1. The highest BCUT2D eigenvalue weighted by atomic mass is 16.1. The van der Waals surface area contributed by atoms with Crippen molar-refractivity contribution in [2.45, 2.75) is 34.1 Å². The summed E-state index contributed by atoms with van der Waals surface area (Å²) in [5, 5.41) is 0. The Morgan fingerprint density at radius 1 is 1.36 bits per heavy atom. The van der Waals surface area contributed by atoms with Crippen molar-refractivity contribution < 1.29 is 4.79 Å². The van der Waals surface area contributed by atoms with Crippen molar-refractivity contribution in [2.24, 2.45) is 16.8 Å². The standard InChI is InChI=1S/C9H17NO/c1-7(2)5-9(11)10-6-8(3)4/h6-8H,5H2,1-4H3. The van der Waals surface area contributed by atoms with Gasteiger partial charge in [-0.15, -0.1) is 0 Å². The molecule has 0 unspecified atom stereocenters. The number of rotatable bonds is 3. The topological polar surface area (TPSA) is 29.4 Å². The van der Waals surface area contributed by atoms with Crippen LogP contribution in [-0.2, 0) is 4.79 Å². The molecule has 0 atom stereocenters. The molecular weight excluding hydrogens is 138 g/mol. The molecule has 0 aliphatic heterocycles. The lowest BCUT2D eigenvalue weighted by molar-refractivity contribution is -0.118. The molecule has 2 nitrogen and oxygen atoms in total. The second-order valence-corrected chi connectivity index (χ2v) is 3.51. The van der Waals surface area contributed by atoms with Crippen molar-refractivity contribution in [1.82, 2.24) is 0 Å². The molecule has 0 saturated heterocycles. The van der Waals surface area contributed by atoms with Crippen LogP contribution in [0.25, 0.3) is 0 Å². The van der Waals surface area contributed by atoms with E-state index in [0.29, 0.717) is 18.3 Å². The molecule has 0 heterocycles. The van der Waals surface area contributed by atoms with Crippen LogP contribution < -0.4 is 0 Å². The van der Waals surface area contributed by atoms with Gasteiger partial charge in [0.05, 0.1) is 0 Å². The van der Waals surface area contributed by atoms with Crippen LogP contribution >= 0.6 is 0 Å². The highest BCUT2D eigenvalue weighted by Gasteiger charge is 2.01. The zero-order valence-corrected chi connectivity index (χ0v) is 7.79. The quantitative estimate of drug-likeness (QED) is 0.575. The molecule has 2 heteroatoms. The Morgan fingerprint density at radius 2 is 1.91 bits per heavy atom. The van der Waals surface area contributed by atoms with Crippen molar-refractivity contribution in [3.63, 3.8) is 0 Å². The summed E-state index contributed by atoms with van der Waals surface area (Å²) in [6.45, 7) is 8.05. The maximum atomic E-state index is 11.0.